The van der Waals surface area contributed by atoms with Crippen molar-refractivity contribution in [2.75, 3.05) is 12.8 Å². The van der Waals surface area contributed by atoms with Crippen molar-refractivity contribution >= 4 is 11.7 Å². The second-order valence-corrected chi connectivity index (χ2v) is 2.90. The van der Waals surface area contributed by atoms with E-state index in [-0.39, 0.29) is 23.2 Å². The molecule has 0 bridgehead atoms. The molecule has 0 saturated carbocycles. The summed E-state index contributed by atoms with van der Waals surface area (Å²) in [6, 6.07) is 4.17. The van der Waals surface area contributed by atoms with Crippen molar-refractivity contribution in [2.45, 2.75) is 6.42 Å². The highest BCUT2D eigenvalue weighted by molar-refractivity contribution is 5.75. The molecule has 1 aromatic carbocycles. The van der Waals surface area contributed by atoms with Crippen molar-refractivity contribution in [1.82, 2.24) is 0 Å². The lowest BCUT2D eigenvalue weighted by atomic mass is 10.1. The Morgan fingerprint density at radius 3 is 2.87 bits per heavy atom. The zero-order valence-electron chi connectivity index (χ0n) is 8.08. The van der Waals surface area contributed by atoms with E-state index in [4.69, 9.17) is 11.0 Å². The van der Waals surface area contributed by atoms with Gasteiger partial charge in [0.05, 0.1) is 30.9 Å². The maximum absolute atomic E-state index is 13.2. The van der Waals surface area contributed by atoms with Gasteiger partial charge in [0.1, 0.15) is 5.82 Å². The van der Waals surface area contributed by atoms with Gasteiger partial charge in [-0.15, -0.1) is 0 Å². The third kappa shape index (κ3) is 2.44. The molecule has 0 spiro atoms. The van der Waals surface area contributed by atoms with E-state index in [9.17, 15) is 9.18 Å². The molecule has 5 heteroatoms. The summed E-state index contributed by atoms with van der Waals surface area (Å²) in [6.07, 6.45) is -0.144. The highest BCUT2D eigenvalue weighted by Gasteiger charge is 2.11. The summed E-state index contributed by atoms with van der Waals surface area (Å²) in [6.45, 7) is 0. The number of nitrogens with two attached hydrogens (primary N) is 1. The number of benzene rings is 1. The number of hydrogen-bond acceptors (Lipinski definition) is 4. The smallest absolute Gasteiger partial charge is 0.310 e. The molecule has 78 valence electrons. The van der Waals surface area contributed by atoms with E-state index in [1.54, 1.807) is 6.07 Å². The molecule has 0 heterocycles. The molecule has 0 radical (unpaired) electrons. The normalized spacial score (nSPS) is 9.40. The Bertz CT molecular complexity index is 438. The highest BCUT2D eigenvalue weighted by atomic mass is 19.1. The van der Waals surface area contributed by atoms with Gasteiger partial charge in [-0.05, 0) is 17.7 Å². The van der Waals surface area contributed by atoms with Crippen molar-refractivity contribution in [3.05, 3.63) is 29.1 Å². The molecule has 1 aromatic rings. The Hall–Kier alpha value is -2.09. The molecule has 0 saturated heterocycles. The van der Waals surface area contributed by atoms with Gasteiger partial charge in [-0.25, -0.2) is 4.39 Å². The first-order valence-electron chi connectivity index (χ1n) is 4.13. The minimum Gasteiger partial charge on any atom is -0.469 e. The predicted octanol–water partition coefficient (Wildman–Crippen LogP) is 0.995. The van der Waals surface area contributed by atoms with E-state index >= 15 is 0 Å². The number of anilines is 1. The van der Waals surface area contributed by atoms with Crippen LogP contribution in [0.1, 0.15) is 11.1 Å². The topological polar surface area (TPSA) is 76.1 Å². The molecule has 0 aliphatic heterocycles. The average Bonchev–Trinajstić information content (AvgIpc) is 2.24. The van der Waals surface area contributed by atoms with E-state index in [0.717, 1.165) is 6.07 Å². The molecule has 1 rings (SSSR count). The molecule has 0 aromatic heterocycles. The first-order chi connectivity index (χ1) is 7.08. The molecule has 0 unspecified atom stereocenters. The number of methoxy groups -OCH3 is 1. The van der Waals surface area contributed by atoms with E-state index < -0.39 is 11.8 Å². The quantitative estimate of drug-likeness (QED) is 0.581. The number of carbonyl (C=O) groups is 1. The zero-order valence-corrected chi connectivity index (χ0v) is 8.08. The van der Waals surface area contributed by atoms with Gasteiger partial charge in [0, 0.05) is 0 Å². The molecule has 0 fully saturated rings. The Morgan fingerprint density at radius 1 is 1.67 bits per heavy atom. The zero-order chi connectivity index (χ0) is 11.4. The molecule has 0 amide bonds. The maximum Gasteiger partial charge on any atom is 0.310 e. The summed E-state index contributed by atoms with van der Waals surface area (Å²) >= 11 is 0. The monoisotopic (exact) mass is 208 g/mol. The van der Waals surface area contributed by atoms with Crippen LogP contribution in [0, 0.1) is 17.1 Å². The fourth-order valence-electron chi connectivity index (χ4n) is 1.11. The van der Waals surface area contributed by atoms with E-state index in [2.05, 4.69) is 4.74 Å². The van der Waals surface area contributed by atoms with Crippen LogP contribution >= 0.6 is 0 Å². The van der Waals surface area contributed by atoms with Crippen LogP contribution in [-0.2, 0) is 16.0 Å². The highest BCUT2D eigenvalue weighted by Crippen LogP contribution is 2.19. The van der Waals surface area contributed by atoms with Crippen LogP contribution in [0.4, 0.5) is 10.1 Å². The Labute approximate surface area is 86.1 Å². The van der Waals surface area contributed by atoms with E-state index in [0.29, 0.717) is 0 Å². The summed E-state index contributed by atoms with van der Waals surface area (Å²) in [7, 11) is 1.23. The van der Waals surface area contributed by atoms with Crippen LogP contribution in [0.3, 0.4) is 0 Å². The lowest BCUT2D eigenvalue weighted by molar-refractivity contribution is -0.139. The standard InChI is InChI=1S/C10H9FN2O2/c1-15-9(14)4-7-2-6(5-12)3-8(11)10(7)13/h2-3H,4,13H2,1H3. The molecule has 15 heavy (non-hydrogen) atoms. The third-order valence-corrected chi connectivity index (χ3v) is 1.91. The fourth-order valence-corrected chi connectivity index (χ4v) is 1.11. The number of nitriles is 1. The Morgan fingerprint density at radius 2 is 2.33 bits per heavy atom. The number of rotatable bonds is 2. The largest absolute Gasteiger partial charge is 0.469 e. The van der Waals surface area contributed by atoms with Crippen LogP contribution < -0.4 is 5.73 Å². The Balaban J connectivity index is 3.12. The van der Waals surface area contributed by atoms with Gasteiger partial charge in [-0.3, -0.25) is 4.79 Å². The van der Waals surface area contributed by atoms with Gasteiger partial charge in [0.2, 0.25) is 0 Å². The van der Waals surface area contributed by atoms with Crippen LogP contribution in [0.2, 0.25) is 0 Å². The Kier molecular flexibility index (Phi) is 3.24. The van der Waals surface area contributed by atoms with E-state index in [1.807, 2.05) is 0 Å². The van der Waals surface area contributed by atoms with Crippen molar-refractivity contribution in [2.24, 2.45) is 0 Å². The van der Waals surface area contributed by atoms with Crippen molar-refractivity contribution < 1.29 is 13.9 Å². The summed E-state index contributed by atoms with van der Waals surface area (Å²) in [5.74, 6) is -1.23. The minimum atomic E-state index is -0.701. The second kappa shape index (κ2) is 4.42. The lowest BCUT2D eigenvalue weighted by Gasteiger charge is -2.05. The lowest BCUT2D eigenvalue weighted by Crippen LogP contribution is -2.08. The minimum absolute atomic E-state index is 0.126. The van der Waals surface area contributed by atoms with Gasteiger partial charge >= 0.3 is 5.97 Å². The summed E-state index contributed by atoms with van der Waals surface area (Å²) in [5.41, 5.74) is 5.68. The maximum atomic E-state index is 13.2. The summed E-state index contributed by atoms with van der Waals surface area (Å²) < 4.78 is 17.6. The van der Waals surface area contributed by atoms with Crippen LogP contribution in [0.25, 0.3) is 0 Å². The van der Waals surface area contributed by atoms with Gasteiger partial charge in [0.15, 0.2) is 0 Å². The van der Waals surface area contributed by atoms with Gasteiger partial charge in [-0.2, -0.15) is 5.26 Å². The van der Waals surface area contributed by atoms with Crippen LogP contribution in [0.5, 0.6) is 0 Å². The van der Waals surface area contributed by atoms with Gasteiger partial charge in [-0.1, -0.05) is 0 Å². The first kappa shape index (κ1) is 11.0. The average molecular weight is 208 g/mol. The number of hydrogen-bond donors (Lipinski definition) is 1. The number of halogens is 1. The third-order valence-electron chi connectivity index (χ3n) is 1.91. The predicted molar refractivity (Wildman–Crippen MR) is 51.2 cm³/mol. The summed E-state index contributed by atoms with van der Waals surface area (Å²) in [4.78, 5) is 11.0. The number of nitrogens with zero attached hydrogens (tertiary/aromatic N) is 1. The molecular formula is C10H9FN2O2. The first-order valence-corrected chi connectivity index (χ1v) is 4.13. The molecule has 0 aliphatic carbocycles. The molecule has 4 nitrogen and oxygen atoms in total. The van der Waals surface area contributed by atoms with Crippen molar-refractivity contribution in [1.29, 1.82) is 5.26 Å². The summed E-state index contributed by atoms with van der Waals surface area (Å²) in [5, 5.41) is 8.60. The second-order valence-electron chi connectivity index (χ2n) is 2.90. The SMILES string of the molecule is COC(=O)Cc1cc(C#N)cc(F)c1N. The number of carbonyl (C=O) groups excluding carboxylic acids is 1. The van der Waals surface area contributed by atoms with Gasteiger partial charge < -0.3 is 10.5 Å². The van der Waals surface area contributed by atoms with Crippen LogP contribution in [0.15, 0.2) is 12.1 Å². The molecule has 0 aliphatic rings. The number of esters is 1. The molecule has 0 atom stereocenters. The fraction of sp³-hybridized carbons (Fsp3) is 0.200. The molecule has 2 N–H and O–H groups in total. The number of nitrogen functional groups attached to an aromatic ring is 1. The molecular weight excluding hydrogens is 199 g/mol. The van der Waals surface area contributed by atoms with E-state index in [1.165, 1.54) is 13.2 Å². The van der Waals surface area contributed by atoms with Gasteiger partial charge in [0.25, 0.3) is 0 Å². The number of ether oxygens (including phenoxy) is 1. The van der Waals surface area contributed by atoms with Crippen molar-refractivity contribution in [3.63, 3.8) is 0 Å². The van der Waals surface area contributed by atoms with Crippen molar-refractivity contribution in [3.8, 4) is 6.07 Å². The van der Waals surface area contributed by atoms with Crippen LogP contribution in [-0.4, -0.2) is 13.1 Å².